The van der Waals surface area contributed by atoms with Gasteiger partial charge in [-0.2, -0.15) is 0 Å². The molecule has 0 heterocycles. The third kappa shape index (κ3) is 5.93. The zero-order valence-electron chi connectivity index (χ0n) is 8.41. The van der Waals surface area contributed by atoms with Gasteiger partial charge in [-0.05, 0) is 5.56 Å². The maximum atomic E-state index is 11.0. The summed E-state index contributed by atoms with van der Waals surface area (Å²) in [6.45, 7) is 1.53. The second-order valence-electron chi connectivity index (χ2n) is 2.84. The number of alkyl carbamates (subject to hydrolysis) is 1. The molecule has 4 nitrogen and oxygen atoms in total. The summed E-state index contributed by atoms with van der Waals surface area (Å²) in [6, 6.07) is 9.56. The number of rotatable bonds is 4. The summed E-state index contributed by atoms with van der Waals surface area (Å²) in [6.07, 6.45) is -0.391. The number of benzene rings is 1. The van der Waals surface area contributed by atoms with E-state index >= 15 is 0 Å². The highest BCUT2D eigenvalue weighted by molar-refractivity contribution is 5.67. The van der Waals surface area contributed by atoms with E-state index < -0.39 is 6.09 Å². The fourth-order valence-electron chi connectivity index (χ4n) is 0.965. The maximum Gasteiger partial charge on any atom is 0.407 e. The van der Waals surface area contributed by atoms with Crippen LogP contribution in [0.3, 0.4) is 0 Å². The van der Waals surface area contributed by atoms with Gasteiger partial charge in [-0.15, -0.1) is 0 Å². The Morgan fingerprint density at radius 3 is 2.60 bits per heavy atom. The minimum Gasteiger partial charge on any atom is -1.00 e. The molecule has 0 fully saturated rings. The summed E-state index contributed by atoms with van der Waals surface area (Å²) in [5, 5.41) is 2.58. The Hall–Kier alpha value is -1.26. The minimum absolute atomic E-state index is 0. The van der Waals surface area contributed by atoms with Crippen molar-refractivity contribution in [3.8, 4) is 0 Å². The van der Waals surface area contributed by atoms with Crippen LogP contribution >= 0.6 is 0 Å². The summed E-state index contributed by atoms with van der Waals surface area (Å²) in [7, 11) is 0. The highest BCUT2D eigenvalue weighted by atomic mass is 35.5. The summed E-state index contributed by atoms with van der Waals surface area (Å²) in [5.74, 6) is 0. The molecule has 15 heavy (non-hydrogen) atoms. The Morgan fingerprint density at radius 1 is 1.33 bits per heavy atom. The van der Waals surface area contributed by atoms with Crippen LogP contribution in [0.15, 0.2) is 30.3 Å². The Kier molecular flexibility index (Phi) is 7.40. The molecule has 1 amide bonds. The minimum atomic E-state index is -0.391. The van der Waals surface area contributed by atoms with Gasteiger partial charge in [0.05, 0.1) is 13.1 Å². The standard InChI is InChI=1S/C10H14N2O2.ClH/c11-6-7-12-10(13)14-8-9-4-2-1-3-5-9;/h1-5H,6-8,11H2,(H,12,13);1H. The molecule has 4 N–H and O–H groups in total. The summed E-state index contributed by atoms with van der Waals surface area (Å²) in [4.78, 5) is 11.0. The lowest BCUT2D eigenvalue weighted by atomic mass is 10.2. The molecule has 0 aromatic heterocycles. The Bertz CT molecular complexity index is 280. The van der Waals surface area contributed by atoms with Crippen molar-refractivity contribution in [1.29, 1.82) is 0 Å². The first kappa shape index (κ1) is 13.7. The van der Waals surface area contributed by atoms with E-state index in [9.17, 15) is 4.79 Å². The van der Waals surface area contributed by atoms with Gasteiger partial charge in [0.1, 0.15) is 6.61 Å². The summed E-state index contributed by atoms with van der Waals surface area (Å²) in [5.41, 5.74) is 4.59. The van der Waals surface area contributed by atoms with Gasteiger partial charge in [-0.1, -0.05) is 30.3 Å². The van der Waals surface area contributed by atoms with Crippen LogP contribution in [0, 0.1) is 0 Å². The molecule has 0 saturated heterocycles. The second kappa shape index (κ2) is 8.08. The normalized spacial score (nSPS) is 8.87. The molecule has 0 atom stereocenters. The Labute approximate surface area is 95.2 Å². The molecular weight excluding hydrogens is 216 g/mol. The molecular formula is C10H15ClN2O2. The molecule has 0 bridgehead atoms. The van der Waals surface area contributed by atoms with Crippen molar-refractivity contribution in [3.05, 3.63) is 35.9 Å². The van der Waals surface area contributed by atoms with Gasteiger partial charge in [0.2, 0.25) is 0 Å². The molecule has 0 spiro atoms. The average Bonchev–Trinajstić information content (AvgIpc) is 2.25. The molecule has 0 radical (unpaired) electrons. The Balaban J connectivity index is 0.00000196. The molecule has 84 valence electrons. The number of carbonyl (C=O) groups is 1. The third-order valence-electron chi connectivity index (χ3n) is 1.66. The lowest BCUT2D eigenvalue weighted by molar-refractivity contribution is -0.364. The third-order valence-corrected chi connectivity index (χ3v) is 1.66. The topological polar surface area (TPSA) is 66.0 Å². The van der Waals surface area contributed by atoms with E-state index in [2.05, 4.69) is 11.1 Å². The number of hydrogen-bond acceptors (Lipinski definition) is 2. The van der Waals surface area contributed by atoms with Crippen molar-refractivity contribution in [2.75, 3.05) is 13.1 Å². The number of quaternary nitrogens is 1. The number of halogens is 1. The van der Waals surface area contributed by atoms with Crippen molar-refractivity contribution in [2.45, 2.75) is 6.61 Å². The lowest BCUT2D eigenvalue weighted by Gasteiger charge is -2.04. The smallest absolute Gasteiger partial charge is 0.407 e. The predicted molar refractivity (Wildman–Crippen MR) is 52.4 cm³/mol. The lowest BCUT2D eigenvalue weighted by Crippen LogP contribution is -3.00. The molecule has 1 aromatic carbocycles. The summed E-state index contributed by atoms with van der Waals surface area (Å²) >= 11 is 0. The zero-order valence-corrected chi connectivity index (χ0v) is 9.17. The van der Waals surface area contributed by atoms with Crippen molar-refractivity contribution >= 4 is 6.09 Å². The van der Waals surface area contributed by atoms with Crippen molar-refractivity contribution in [3.63, 3.8) is 0 Å². The van der Waals surface area contributed by atoms with Crippen LogP contribution in [-0.4, -0.2) is 19.2 Å². The SMILES string of the molecule is [Cl-].[NH3+]CCNC(=O)OCc1ccccc1. The monoisotopic (exact) mass is 230 g/mol. The van der Waals surface area contributed by atoms with Gasteiger partial charge < -0.3 is 28.2 Å². The van der Waals surface area contributed by atoms with Crippen molar-refractivity contribution in [1.82, 2.24) is 5.32 Å². The number of carbonyl (C=O) groups excluding carboxylic acids is 1. The van der Waals surface area contributed by atoms with Gasteiger partial charge in [0.15, 0.2) is 0 Å². The second-order valence-corrected chi connectivity index (χ2v) is 2.84. The maximum absolute atomic E-state index is 11.0. The van der Waals surface area contributed by atoms with Gasteiger partial charge in [-0.3, -0.25) is 0 Å². The van der Waals surface area contributed by atoms with Gasteiger partial charge >= 0.3 is 6.09 Å². The molecule has 0 aliphatic carbocycles. The zero-order chi connectivity index (χ0) is 10.2. The number of hydrogen-bond donors (Lipinski definition) is 2. The first-order valence-electron chi connectivity index (χ1n) is 4.56. The van der Waals surface area contributed by atoms with Crippen LogP contribution < -0.4 is 23.5 Å². The average molecular weight is 231 g/mol. The quantitative estimate of drug-likeness (QED) is 0.585. The van der Waals surface area contributed by atoms with Gasteiger partial charge in [0.25, 0.3) is 0 Å². The van der Waals surface area contributed by atoms with Crippen molar-refractivity contribution < 1.29 is 27.7 Å². The fraction of sp³-hybridized carbons (Fsp3) is 0.300. The Morgan fingerprint density at radius 2 is 2.00 bits per heavy atom. The number of amides is 1. The molecule has 1 rings (SSSR count). The molecule has 0 aliphatic rings. The van der Waals surface area contributed by atoms with E-state index in [0.717, 1.165) is 5.56 Å². The van der Waals surface area contributed by atoms with E-state index in [1.165, 1.54) is 0 Å². The molecule has 5 heteroatoms. The first-order valence-corrected chi connectivity index (χ1v) is 4.56. The van der Waals surface area contributed by atoms with E-state index in [1.807, 2.05) is 30.3 Å². The molecule has 1 aromatic rings. The van der Waals surface area contributed by atoms with Crippen LogP contribution in [0.2, 0.25) is 0 Å². The van der Waals surface area contributed by atoms with Crippen LogP contribution in [-0.2, 0) is 11.3 Å². The van der Waals surface area contributed by atoms with Gasteiger partial charge in [-0.25, -0.2) is 4.79 Å². The van der Waals surface area contributed by atoms with E-state index in [4.69, 9.17) is 4.74 Å². The number of ether oxygens (including phenoxy) is 1. The molecule has 0 aliphatic heterocycles. The van der Waals surface area contributed by atoms with Crippen LogP contribution in [0.5, 0.6) is 0 Å². The largest absolute Gasteiger partial charge is 1.00 e. The number of nitrogens with one attached hydrogen (secondary N) is 1. The highest BCUT2D eigenvalue weighted by Crippen LogP contribution is 1.99. The first-order chi connectivity index (χ1) is 6.83. The van der Waals surface area contributed by atoms with Gasteiger partial charge in [0, 0.05) is 0 Å². The fourth-order valence-corrected chi connectivity index (χ4v) is 0.965. The van der Waals surface area contributed by atoms with E-state index in [1.54, 1.807) is 0 Å². The summed E-state index contributed by atoms with van der Waals surface area (Å²) < 4.78 is 4.95. The highest BCUT2D eigenvalue weighted by Gasteiger charge is 2.00. The predicted octanol–water partition coefficient (Wildman–Crippen LogP) is -2.84. The van der Waals surface area contributed by atoms with Crippen LogP contribution in [0.25, 0.3) is 0 Å². The van der Waals surface area contributed by atoms with E-state index in [-0.39, 0.29) is 12.4 Å². The van der Waals surface area contributed by atoms with Crippen LogP contribution in [0.1, 0.15) is 5.56 Å². The van der Waals surface area contributed by atoms with E-state index in [0.29, 0.717) is 19.7 Å². The van der Waals surface area contributed by atoms with Crippen LogP contribution in [0.4, 0.5) is 4.79 Å². The molecule has 0 saturated carbocycles. The molecule has 0 unspecified atom stereocenters. The van der Waals surface area contributed by atoms with Crippen molar-refractivity contribution in [2.24, 2.45) is 0 Å².